The van der Waals surface area contributed by atoms with Crippen LogP contribution < -0.4 is 14.8 Å². The first kappa shape index (κ1) is 14.5. The molecule has 18 heavy (non-hydrogen) atoms. The number of ketones is 1. The summed E-state index contributed by atoms with van der Waals surface area (Å²) < 4.78 is 15.7. The van der Waals surface area contributed by atoms with Crippen molar-refractivity contribution in [1.82, 2.24) is 5.32 Å². The second-order valence-electron chi connectivity index (χ2n) is 3.71. The van der Waals surface area contributed by atoms with Gasteiger partial charge in [0.1, 0.15) is 0 Å². The van der Waals surface area contributed by atoms with Crippen molar-refractivity contribution in [3.63, 3.8) is 0 Å². The number of carbonyl (C=O) groups excluding carboxylic acids is 1. The summed E-state index contributed by atoms with van der Waals surface area (Å²) in [6, 6.07) is 3.45. The van der Waals surface area contributed by atoms with Gasteiger partial charge in [-0.2, -0.15) is 0 Å². The summed E-state index contributed by atoms with van der Waals surface area (Å²) in [6.07, 6.45) is 0. The fourth-order valence-electron chi connectivity index (χ4n) is 1.80. The zero-order valence-electron chi connectivity index (χ0n) is 11.2. The Kier molecular flexibility index (Phi) is 5.61. The molecule has 0 aliphatic carbocycles. The third kappa shape index (κ3) is 3.00. The Balaban J connectivity index is 3.29. The van der Waals surface area contributed by atoms with Crippen LogP contribution in [0.3, 0.4) is 0 Å². The van der Waals surface area contributed by atoms with Crippen LogP contribution in [0.15, 0.2) is 12.1 Å². The number of ether oxygens (including phenoxy) is 3. The smallest absolute Gasteiger partial charge is 0.177 e. The molecule has 0 heterocycles. The Morgan fingerprint density at radius 1 is 1.22 bits per heavy atom. The SMILES string of the molecule is CNCC(=O)c1ccc(OC)c(OC)c1COC. The third-order valence-corrected chi connectivity index (χ3v) is 2.57. The zero-order valence-corrected chi connectivity index (χ0v) is 11.2. The predicted molar refractivity (Wildman–Crippen MR) is 68.5 cm³/mol. The summed E-state index contributed by atoms with van der Waals surface area (Å²) in [4.78, 5) is 12.0. The lowest BCUT2D eigenvalue weighted by Crippen LogP contribution is -2.20. The standard InChI is InChI=1S/C13H19NO4/c1-14-7-11(15)9-5-6-12(17-3)13(18-4)10(9)8-16-2/h5-6,14H,7-8H2,1-4H3. The first-order chi connectivity index (χ1) is 8.69. The molecule has 0 saturated heterocycles. The fourth-order valence-corrected chi connectivity index (χ4v) is 1.80. The highest BCUT2D eigenvalue weighted by molar-refractivity contribution is 5.99. The normalized spacial score (nSPS) is 10.2. The molecule has 1 rings (SSSR count). The average Bonchev–Trinajstić information content (AvgIpc) is 2.38. The maximum absolute atomic E-state index is 12.0. The number of nitrogens with one attached hydrogen (secondary N) is 1. The predicted octanol–water partition coefficient (Wildman–Crippen LogP) is 1.25. The van der Waals surface area contributed by atoms with E-state index in [0.717, 1.165) is 0 Å². The molecular weight excluding hydrogens is 234 g/mol. The molecule has 0 saturated carbocycles. The first-order valence-corrected chi connectivity index (χ1v) is 5.60. The number of hydrogen-bond donors (Lipinski definition) is 1. The molecule has 5 nitrogen and oxygen atoms in total. The Hall–Kier alpha value is -1.59. The monoisotopic (exact) mass is 253 g/mol. The second kappa shape index (κ2) is 6.98. The van der Waals surface area contributed by atoms with Crippen LogP contribution in [0.4, 0.5) is 0 Å². The van der Waals surface area contributed by atoms with E-state index in [-0.39, 0.29) is 12.3 Å². The molecule has 0 fully saturated rings. The summed E-state index contributed by atoms with van der Waals surface area (Å²) in [5, 5.41) is 2.84. The van der Waals surface area contributed by atoms with Crippen molar-refractivity contribution in [3.05, 3.63) is 23.3 Å². The molecule has 1 aromatic rings. The van der Waals surface area contributed by atoms with Gasteiger partial charge in [0.25, 0.3) is 0 Å². The van der Waals surface area contributed by atoms with Crippen molar-refractivity contribution in [2.24, 2.45) is 0 Å². The number of methoxy groups -OCH3 is 3. The molecule has 100 valence electrons. The van der Waals surface area contributed by atoms with E-state index in [9.17, 15) is 4.79 Å². The van der Waals surface area contributed by atoms with Gasteiger partial charge in [-0.1, -0.05) is 0 Å². The van der Waals surface area contributed by atoms with E-state index < -0.39 is 0 Å². The van der Waals surface area contributed by atoms with Gasteiger partial charge in [-0.05, 0) is 19.2 Å². The van der Waals surface area contributed by atoms with Gasteiger partial charge in [-0.3, -0.25) is 4.79 Å². The molecule has 0 radical (unpaired) electrons. The molecule has 1 N–H and O–H groups in total. The molecule has 0 unspecified atom stereocenters. The summed E-state index contributed by atoms with van der Waals surface area (Å²) >= 11 is 0. The summed E-state index contributed by atoms with van der Waals surface area (Å²) in [5.74, 6) is 1.12. The van der Waals surface area contributed by atoms with Gasteiger partial charge in [0.2, 0.25) is 0 Å². The van der Waals surface area contributed by atoms with E-state index >= 15 is 0 Å². The number of Topliss-reactive ketones (excluding diaryl/α,β-unsaturated/α-hetero) is 1. The van der Waals surface area contributed by atoms with Gasteiger partial charge in [-0.25, -0.2) is 0 Å². The molecule has 0 atom stereocenters. The second-order valence-corrected chi connectivity index (χ2v) is 3.71. The molecule has 0 amide bonds. The number of carbonyl (C=O) groups is 1. The Bertz CT molecular complexity index is 418. The van der Waals surface area contributed by atoms with Crippen LogP contribution in [0.5, 0.6) is 11.5 Å². The largest absolute Gasteiger partial charge is 0.493 e. The van der Waals surface area contributed by atoms with Crippen molar-refractivity contribution in [2.45, 2.75) is 6.61 Å². The summed E-state index contributed by atoms with van der Waals surface area (Å²) in [5.41, 5.74) is 1.29. The number of likely N-dealkylation sites (N-methyl/N-ethyl adjacent to an activating group) is 1. The highest BCUT2D eigenvalue weighted by Gasteiger charge is 2.18. The maximum atomic E-state index is 12.0. The van der Waals surface area contributed by atoms with E-state index in [1.165, 1.54) is 0 Å². The quantitative estimate of drug-likeness (QED) is 0.741. The van der Waals surface area contributed by atoms with Crippen LogP contribution >= 0.6 is 0 Å². The van der Waals surface area contributed by atoms with Crippen LogP contribution in [0.25, 0.3) is 0 Å². The molecule has 1 aromatic carbocycles. The molecule has 0 bridgehead atoms. The molecule has 5 heteroatoms. The molecule has 0 aromatic heterocycles. The number of hydrogen-bond acceptors (Lipinski definition) is 5. The molecular formula is C13H19NO4. The van der Waals surface area contributed by atoms with Gasteiger partial charge in [0.15, 0.2) is 17.3 Å². The van der Waals surface area contributed by atoms with Gasteiger partial charge < -0.3 is 19.5 Å². The van der Waals surface area contributed by atoms with Crippen molar-refractivity contribution in [1.29, 1.82) is 0 Å². The molecule has 0 aliphatic heterocycles. The van der Waals surface area contributed by atoms with Crippen LogP contribution in [-0.4, -0.2) is 40.7 Å². The third-order valence-electron chi connectivity index (χ3n) is 2.57. The minimum atomic E-state index is -0.00879. The van der Waals surface area contributed by atoms with Gasteiger partial charge in [-0.15, -0.1) is 0 Å². The highest BCUT2D eigenvalue weighted by atomic mass is 16.5. The van der Waals surface area contributed by atoms with E-state index in [1.54, 1.807) is 40.5 Å². The summed E-state index contributed by atoms with van der Waals surface area (Å²) in [7, 11) is 6.41. The van der Waals surface area contributed by atoms with Crippen molar-refractivity contribution in [3.8, 4) is 11.5 Å². The van der Waals surface area contributed by atoms with Crippen LogP contribution in [-0.2, 0) is 11.3 Å². The van der Waals surface area contributed by atoms with Gasteiger partial charge in [0.05, 0.1) is 27.4 Å². The lowest BCUT2D eigenvalue weighted by atomic mass is 10.0. The minimum absolute atomic E-state index is 0.00879. The Morgan fingerprint density at radius 3 is 2.44 bits per heavy atom. The van der Waals surface area contributed by atoms with Gasteiger partial charge in [0, 0.05) is 18.2 Å². The van der Waals surface area contributed by atoms with Gasteiger partial charge >= 0.3 is 0 Å². The van der Waals surface area contributed by atoms with E-state index in [2.05, 4.69) is 5.32 Å². The number of rotatable bonds is 7. The Morgan fingerprint density at radius 2 is 1.94 bits per heavy atom. The fraction of sp³-hybridized carbons (Fsp3) is 0.462. The maximum Gasteiger partial charge on any atom is 0.177 e. The minimum Gasteiger partial charge on any atom is -0.493 e. The lowest BCUT2D eigenvalue weighted by Gasteiger charge is -2.15. The van der Waals surface area contributed by atoms with Crippen molar-refractivity contribution in [2.75, 3.05) is 34.9 Å². The molecule has 0 aliphatic rings. The van der Waals surface area contributed by atoms with Crippen LogP contribution in [0.2, 0.25) is 0 Å². The van der Waals surface area contributed by atoms with Crippen molar-refractivity contribution < 1.29 is 19.0 Å². The lowest BCUT2D eigenvalue weighted by molar-refractivity contribution is 0.0987. The highest BCUT2D eigenvalue weighted by Crippen LogP contribution is 2.34. The van der Waals surface area contributed by atoms with Crippen LogP contribution in [0, 0.1) is 0 Å². The molecule has 0 spiro atoms. The van der Waals surface area contributed by atoms with E-state index in [1.807, 2.05) is 0 Å². The van der Waals surface area contributed by atoms with E-state index in [0.29, 0.717) is 29.2 Å². The van der Waals surface area contributed by atoms with Crippen molar-refractivity contribution >= 4 is 5.78 Å². The summed E-state index contributed by atoms with van der Waals surface area (Å²) in [6.45, 7) is 0.567. The zero-order chi connectivity index (χ0) is 13.5. The van der Waals surface area contributed by atoms with Crippen LogP contribution in [0.1, 0.15) is 15.9 Å². The van der Waals surface area contributed by atoms with E-state index in [4.69, 9.17) is 14.2 Å². The topological polar surface area (TPSA) is 56.8 Å². The Labute approximate surface area is 107 Å². The average molecular weight is 253 g/mol. The first-order valence-electron chi connectivity index (χ1n) is 5.60. The number of benzene rings is 1.